The fourth-order valence-electron chi connectivity index (χ4n) is 2.18. The Morgan fingerprint density at radius 2 is 1.80 bits per heavy atom. The van der Waals surface area contributed by atoms with Crippen LogP contribution in [0.25, 0.3) is 0 Å². The molecule has 0 spiro atoms. The van der Waals surface area contributed by atoms with Gasteiger partial charge in [0, 0.05) is 18.3 Å². The first-order chi connectivity index (χ1) is 9.72. The first-order valence-corrected chi connectivity index (χ1v) is 7.12. The van der Waals surface area contributed by atoms with Gasteiger partial charge in [-0.05, 0) is 18.6 Å². The van der Waals surface area contributed by atoms with E-state index < -0.39 is 0 Å². The van der Waals surface area contributed by atoms with E-state index in [1.54, 1.807) is 0 Å². The largest absolute Gasteiger partial charge is 0.351 e. The van der Waals surface area contributed by atoms with Gasteiger partial charge < -0.3 is 5.32 Å². The van der Waals surface area contributed by atoms with Gasteiger partial charge in [-0.25, -0.2) is 0 Å². The third kappa shape index (κ3) is 3.47. The number of carbonyl (C=O) groups is 2. The highest BCUT2D eigenvalue weighted by molar-refractivity contribution is 6.17. The van der Waals surface area contributed by atoms with Crippen molar-refractivity contribution in [1.29, 1.82) is 0 Å². The van der Waals surface area contributed by atoms with Gasteiger partial charge in [0.25, 0.3) is 11.8 Å². The lowest BCUT2D eigenvalue weighted by Crippen LogP contribution is -2.33. The number of imide groups is 1. The molecule has 0 radical (unpaired) electrons. The molecule has 20 heavy (non-hydrogen) atoms. The van der Waals surface area contributed by atoms with E-state index in [2.05, 4.69) is 12.2 Å². The molecular formula is C16H20N2O2. The van der Waals surface area contributed by atoms with Gasteiger partial charge in [-0.2, -0.15) is 0 Å². The maximum atomic E-state index is 12.2. The zero-order chi connectivity index (χ0) is 14.4. The molecule has 1 heterocycles. The Balaban J connectivity index is 1.92. The van der Waals surface area contributed by atoms with E-state index in [4.69, 9.17) is 0 Å². The van der Waals surface area contributed by atoms with Crippen molar-refractivity contribution in [3.63, 3.8) is 0 Å². The fourth-order valence-corrected chi connectivity index (χ4v) is 2.18. The monoisotopic (exact) mass is 272 g/mol. The number of anilines is 1. The van der Waals surface area contributed by atoms with Gasteiger partial charge >= 0.3 is 0 Å². The predicted molar refractivity (Wildman–Crippen MR) is 79.0 cm³/mol. The van der Waals surface area contributed by atoms with Crippen LogP contribution in [0.2, 0.25) is 0 Å². The number of benzene rings is 1. The van der Waals surface area contributed by atoms with E-state index in [0.29, 0.717) is 12.2 Å². The van der Waals surface area contributed by atoms with Crippen LogP contribution >= 0.6 is 0 Å². The summed E-state index contributed by atoms with van der Waals surface area (Å²) < 4.78 is 0. The molecule has 0 aliphatic carbocycles. The Morgan fingerprint density at radius 3 is 2.50 bits per heavy atom. The number of nitrogens with zero attached hydrogens (tertiary/aromatic N) is 1. The molecule has 0 bridgehead atoms. The number of carbonyl (C=O) groups excluding carboxylic acids is 2. The highest BCUT2D eigenvalue weighted by atomic mass is 16.2. The lowest BCUT2D eigenvalue weighted by Gasteiger charge is -2.15. The number of hydrogen-bond donors (Lipinski definition) is 1. The predicted octanol–water partition coefficient (Wildman–Crippen LogP) is 2.93. The molecule has 2 rings (SSSR count). The summed E-state index contributed by atoms with van der Waals surface area (Å²) in [7, 11) is 0. The van der Waals surface area contributed by atoms with Gasteiger partial charge in [0.1, 0.15) is 5.70 Å². The Kier molecular flexibility index (Phi) is 4.93. The molecule has 4 heteroatoms. The third-order valence-corrected chi connectivity index (χ3v) is 3.30. The molecule has 0 aromatic heterocycles. The topological polar surface area (TPSA) is 49.4 Å². The Hall–Kier alpha value is -2.10. The maximum absolute atomic E-state index is 12.2. The molecule has 4 nitrogen and oxygen atoms in total. The lowest BCUT2D eigenvalue weighted by atomic mass is 10.2. The highest BCUT2D eigenvalue weighted by Gasteiger charge is 2.30. The minimum atomic E-state index is -0.227. The standard InChI is InChI=1S/C16H20N2O2/c1-2-3-4-8-11-18-15(19)12-14(16(18)20)17-13-9-6-5-7-10-13/h5-7,9-10,12,17H,2-4,8,11H2,1H3. The normalized spacial score (nSPS) is 14.7. The molecule has 0 saturated carbocycles. The smallest absolute Gasteiger partial charge is 0.277 e. The molecule has 1 aromatic rings. The van der Waals surface area contributed by atoms with Crippen molar-refractivity contribution < 1.29 is 9.59 Å². The van der Waals surface area contributed by atoms with Crippen LogP contribution < -0.4 is 5.32 Å². The maximum Gasteiger partial charge on any atom is 0.277 e. The summed E-state index contributed by atoms with van der Waals surface area (Å²) in [6, 6.07) is 9.39. The van der Waals surface area contributed by atoms with Crippen LogP contribution in [0, 0.1) is 0 Å². The summed E-state index contributed by atoms with van der Waals surface area (Å²) >= 11 is 0. The molecule has 1 aromatic carbocycles. The van der Waals surface area contributed by atoms with E-state index in [1.165, 1.54) is 11.0 Å². The van der Waals surface area contributed by atoms with Crippen molar-refractivity contribution in [2.24, 2.45) is 0 Å². The first kappa shape index (κ1) is 14.3. The van der Waals surface area contributed by atoms with Gasteiger partial charge in [-0.15, -0.1) is 0 Å². The average Bonchev–Trinajstić information content (AvgIpc) is 2.72. The van der Waals surface area contributed by atoms with Crippen molar-refractivity contribution >= 4 is 17.5 Å². The number of para-hydroxylation sites is 1. The van der Waals surface area contributed by atoms with E-state index in [0.717, 1.165) is 31.4 Å². The minimum Gasteiger partial charge on any atom is -0.351 e. The van der Waals surface area contributed by atoms with Gasteiger partial charge in [0.2, 0.25) is 0 Å². The molecule has 0 unspecified atom stereocenters. The van der Waals surface area contributed by atoms with Gasteiger partial charge in [-0.3, -0.25) is 14.5 Å². The molecule has 1 aliphatic rings. The van der Waals surface area contributed by atoms with Crippen molar-refractivity contribution in [2.75, 3.05) is 11.9 Å². The molecule has 106 valence electrons. The van der Waals surface area contributed by atoms with Crippen LogP contribution in [0.3, 0.4) is 0 Å². The number of amides is 2. The van der Waals surface area contributed by atoms with E-state index in [9.17, 15) is 9.59 Å². The number of nitrogens with one attached hydrogen (secondary N) is 1. The Bertz CT molecular complexity index is 508. The number of rotatable bonds is 7. The summed E-state index contributed by atoms with van der Waals surface area (Å²) in [4.78, 5) is 25.3. The van der Waals surface area contributed by atoms with E-state index >= 15 is 0 Å². The second-order valence-corrected chi connectivity index (χ2v) is 4.90. The molecule has 0 saturated heterocycles. The highest BCUT2D eigenvalue weighted by Crippen LogP contribution is 2.17. The SMILES string of the molecule is CCCCCCN1C(=O)C=C(Nc2ccccc2)C1=O. The van der Waals surface area contributed by atoms with Crippen molar-refractivity contribution in [2.45, 2.75) is 32.6 Å². The summed E-state index contributed by atoms with van der Waals surface area (Å²) in [5.41, 5.74) is 1.17. The summed E-state index contributed by atoms with van der Waals surface area (Å²) in [6.45, 7) is 2.64. The second-order valence-electron chi connectivity index (χ2n) is 4.90. The van der Waals surface area contributed by atoms with Crippen LogP contribution in [0.5, 0.6) is 0 Å². The van der Waals surface area contributed by atoms with Crippen molar-refractivity contribution in [1.82, 2.24) is 4.90 Å². The molecule has 0 fully saturated rings. The van der Waals surface area contributed by atoms with Crippen molar-refractivity contribution in [3.8, 4) is 0 Å². The first-order valence-electron chi connectivity index (χ1n) is 7.12. The zero-order valence-electron chi connectivity index (χ0n) is 11.8. The summed E-state index contributed by atoms with van der Waals surface area (Å²) in [5.74, 6) is -0.444. The van der Waals surface area contributed by atoms with Crippen LogP contribution in [0.1, 0.15) is 32.6 Å². The van der Waals surface area contributed by atoms with Crippen LogP contribution in [-0.2, 0) is 9.59 Å². The molecule has 2 amide bonds. The van der Waals surface area contributed by atoms with Crippen LogP contribution in [-0.4, -0.2) is 23.3 Å². The van der Waals surface area contributed by atoms with E-state index in [1.807, 2.05) is 30.3 Å². The Labute approximate surface area is 119 Å². The second kappa shape index (κ2) is 6.89. The quantitative estimate of drug-likeness (QED) is 0.613. The van der Waals surface area contributed by atoms with Gasteiger partial charge in [0.05, 0.1) is 0 Å². The third-order valence-electron chi connectivity index (χ3n) is 3.30. The Morgan fingerprint density at radius 1 is 1.05 bits per heavy atom. The molecule has 1 aliphatic heterocycles. The molecular weight excluding hydrogens is 252 g/mol. The number of unbranched alkanes of at least 4 members (excludes halogenated alkanes) is 3. The average molecular weight is 272 g/mol. The van der Waals surface area contributed by atoms with Crippen LogP contribution in [0.4, 0.5) is 5.69 Å². The van der Waals surface area contributed by atoms with Gasteiger partial charge in [0.15, 0.2) is 0 Å². The number of hydrogen-bond acceptors (Lipinski definition) is 3. The van der Waals surface area contributed by atoms with E-state index in [-0.39, 0.29) is 11.8 Å². The fraction of sp³-hybridized carbons (Fsp3) is 0.375. The summed E-state index contributed by atoms with van der Waals surface area (Å²) in [5, 5.41) is 3.00. The van der Waals surface area contributed by atoms with Crippen molar-refractivity contribution in [3.05, 3.63) is 42.1 Å². The zero-order valence-corrected chi connectivity index (χ0v) is 11.8. The summed E-state index contributed by atoms with van der Waals surface area (Å²) in [6.07, 6.45) is 5.58. The van der Waals surface area contributed by atoms with Gasteiger partial charge in [-0.1, -0.05) is 44.4 Å². The minimum absolute atomic E-state index is 0.218. The van der Waals surface area contributed by atoms with Crippen LogP contribution in [0.15, 0.2) is 42.1 Å². The lowest BCUT2D eigenvalue weighted by molar-refractivity contribution is -0.137. The molecule has 1 N–H and O–H groups in total. The molecule has 0 atom stereocenters.